The van der Waals surface area contributed by atoms with Crippen molar-refractivity contribution in [3.63, 3.8) is 0 Å². The van der Waals surface area contributed by atoms with Gasteiger partial charge in [0.25, 0.3) is 0 Å². The highest BCUT2D eigenvalue weighted by Gasteiger charge is 2.25. The van der Waals surface area contributed by atoms with Gasteiger partial charge in [-0.1, -0.05) is 12.8 Å². The topological polar surface area (TPSA) is 63.7 Å². The zero-order valence-electron chi connectivity index (χ0n) is 15.9. The van der Waals surface area contributed by atoms with Gasteiger partial charge < -0.3 is 19.7 Å². The Kier molecular flexibility index (Phi) is 6.72. The predicted octanol–water partition coefficient (Wildman–Crippen LogP) is 4.07. The lowest BCUT2D eigenvalue weighted by Gasteiger charge is -2.32. The van der Waals surface area contributed by atoms with E-state index in [9.17, 15) is 4.79 Å². The standard InChI is InChI=1S/C20H31N3O3/c1-15(2)26-19-18(8-5-11-21-19)22-20(24)23-12-9-17(10-13-23)25-14-16-6-3-4-7-16/h5,8,11,15-17H,3-4,6-7,9-10,12-14H2,1-2H3,(H,22,24). The number of nitrogens with zero attached hydrogens (tertiary/aromatic N) is 2. The van der Waals surface area contributed by atoms with Gasteiger partial charge in [-0.3, -0.25) is 0 Å². The number of piperidine rings is 1. The SMILES string of the molecule is CC(C)Oc1ncccc1NC(=O)N1CCC(OCC2CCCC2)CC1. The lowest BCUT2D eigenvalue weighted by atomic mass is 10.1. The number of hydrogen-bond acceptors (Lipinski definition) is 4. The van der Waals surface area contributed by atoms with Crippen LogP contribution < -0.4 is 10.1 Å². The van der Waals surface area contributed by atoms with Gasteiger partial charge >= 0.3 is 6.03 Å². The summed E-state index contributed by atoms with van der Waals surface area (Å²) in [5.41, 5.74) is 0.616. The summed E-state index contributed by atoms with van der Waals surface area (Å²) in [6, 6.07) is 3.52. The van der Waals surface area contributed by atoms with Gasteiger partial charge in [-0.15, -0.1) is 0 Å². The summed E-state index contributed by atoms with van der Waals surface area (Å²) in [4.78, 5) is 18.6. The average Bonchev–Trinajstić information content (AvgIpc) is 3.15. The maximum atomic E-state index is 12.6. The Balaban J connectivity index is 1.45. The highest BCUT2D eigenvalue weighted by Crippen LogP contribution is 2.27. The number of hydrogen-bond donors (Lipinski definition) is 1. The second kappa shape index (κ2) is 9.21. The number of carbonyl (C=O) groups excluding carboxylic acids is 1. The summed E-state index contributed by atoms with van der Waals surface area (Å²) in [7, 11) is 0. The highest BCUT2D eigenvalue weighted by atomic mass is 16.5. The fraction of sp³-hybridized carbons (Fsp3) is 0.700. The first kappa shape index (κ1) is 19.0. The molecule has 144 valence electrons. The summed E-state index contributed by atoms with van der Waals surface area (Å²) >= 11 is 0. The van der Waals surface area contributed by atoms with E-state index in [-0.39, 0.29) is 18.2 Å². The molecule has 1 aliphatic heterocycles. The number of anilines is 1. The molecular weight excluding hydrogens is 330 g/mol. The van der Waals surface area contributed by atoms with Crippen LogP contribution in [0.4, 0.5) is 10.5 Å². The van der Waals surface area contributed by atoms with Gasteiger partial charge in [0.15, 0.2) is 0 Å². The van der Waals surface area contributed by atoms with Gasteiger partial charge in [-0.2, -0.15) is 0 Å². The molecule has 0 bridgehead atoms. The van der Waals surface area contributed by atoms with Gasteiger partial charge in [0.1, 0.15) is 5.69 Å². The molecule has 3 rings (SSSR count). The van der Waals surface area contributed by atoms with E-state index in [1.54, 1.807) is 12.3 Å². The van der Waals surface area contributed by atoms with Crippen LogP contribution in [0.5, 0.6) is 5.88 Å². The number of ether oxygens (including phenoxy) is 2. The Morgan fingerprint density at radius 1 is 1.27 bits per heavy atom. The van der Waals surface area contributed by atoms with Crippen LogP contribution in [0.15, 0.2) is 18.3 Å². The fourth-order valence-corrected chi connectivity index (χ4v) is 3.67. The Morgan fingerprint density at radius 3 is 2.69 bits per heavy atom. The normalized spacial score (nSPS) is 19.1. The summed E-state index contributed by atoms with van der Waals surface area (Å²) < 4.78 is 11.8. The highest BCUT2D eigenvalue weighted by molar-refractivity contribution is 5.90. The van der Waals surface area contributed by atoms with Crippen molar-refractivity contribution < 1.29 is 14.3 Å². The molecule has 1 N–H and O–H groups in total. The third-order valence-corrected chi connectivity index (χ3v) is 5.13. The number of pyridine rings is 1. The van der Waals surface area contributed by atoms with Crippen molar-refractivity contribution in [3.05, 3.63) is 18.3 Å². The van der Waals surface area contributed by atoms with Crippen LogP contribution in [-0.4, -0.2) is 47.8 Å². The van der Waals surface area contributed by atoms with Crippen LogP contribution in [-0.2, 0) is 4.74 Å². The van der Waals surface area contributed by atoms with Crippen LogP contribution in [0.1, 0.15) is 52.4 Å². The van der Waals surface area contributed by atoms with Gasteiger partial charge in [-0.05, 0) is 57.6 Å². The van der Waals surface area contributed by atoms with Gasteiger partial charge in [0.05, 0.1) is 12.2 Å². The zero-order chi connectivity index (χ0) is 18.4. The first-order valence-corrected chi connectivity index (χ1v) is 9.91. The Hall–Kier alpha value is -1.82. The molecule has 26 heavy (non-hydrogen) atoms. The molecule has 0 unspecified atom stereocenters. The van der Waals surface area contributed by atoms with Crippen LogP contribution in [0.25, 0.3) is 0 Å². The molecule has 2 fully saturated rings. The number of urea groups is 1. The van der Waals surface area contributed by atoms with Crippen molar-refractivity contribution in [2.24, 2.45) is 5.92 Å². The summed E-state index contributed by atoms with van der Waals surface area (Å²) in [5, 5.41) is 2.94. The molecule has 0 radical (unpaired) electrons. The molecule has 0 spiro atoms. The minimum absolute atomic E-state index is 0.00770. The molecule has 2 amide bonds. The molecule has 2 heterocycles. The Bertz CT molecular complexity index is 579. The monoisotopic (exact) mass is 361 g/mol. The van der Waals surface area contributed by atoms with E-state index in [1.807, 2.05) is 24.8 Å². The molecule has 1 saturated carbocycles. The smallest absolute Gasteiger partial charge is 0.321 e. The number of rotatable bonds is 6. The van der Waals surface area contributed by atoms with Gasteiger partial charge in [-0.25, -0.2) is 9.78 Å². The first-order chi connectivity index (χ1) is 12.6. The van der Waals surface area contributed by atoms with E-state index >= 15 is 0 Å². The molecule has 6 heteroatoms. The van der Waals surface area contributed by atoms with Crippen molar-refractivity contribution in [3.8, 4) is 5.88 Å². The zero-order valence-corrected chi connectivity index (χ0v) is 15.9. The minimum atomic E-state index is -0.0964. The first-order valence-electron chi connectivity index (χ1n) is 9.91. The Labute approximate surface area is 156 Å². The molecule has 1 aliphatic carbocycles. The molecule has 2 aliphatic rings. The quantitative estimate of drug-likeness (QED) is 0.829. The van der Waals surface area contributed by atoms with E-state index in [2.05, 4.69) is 10.3 Å². The van der Waals surface area contributed by atoms with Crippen LogP contribution in [0.2, 0.25) is 0 Å². The summed E-state index contributed by atoms with van der Waals surface area (Å²) in [5.74, 6) is 1.21. The van der Waals surface area contributed by atoms with Crippen molar-refractivity contribution in [1.29, 1.82) is 0 Å². The average molecular weight is 361 g/mol. The molecule has 6 nitrogen and oxygen atoms in total. The predicted molar refractivity (Wildman–Crippen MR) is 102 cm³/mol. The fourth-order valence-electron chi connectivity index (χ4n) is 3.67. The van der Waals surface area contributed by atoms with Crippen LogP contribution in [0, 0.1) is 5.92 Å². The van der Waals surface area contributed by atoms with Crippen LogP contribution >= 0.6 is 0 Å². The molecule has 1 aromatic rings. The minimum Gasteiger partial charge on any atom is -0.473 e. The van der Waals surface area contributed by atoms with Gasteiger partial charge in [0.2, 0.25) is 5.88 Å². The van der Waals surface area contributed by atoms with Crippen LogP contribution in [0.3, 0.4) is 0 Å². The molecule has 1 aromatic heterocycles. The number of nitrogens with one attached hydrogen (secondary N) is 1. The molecule has 0 atom stereocenters. The lowest BCUT2D eigenvalue weighted by molar-refractivity contribution is -0.00116. The molecule has 1 saturated heterocycles. The van der Waals surface area contributed by atoms with Gasteiger partial charge in [0, 0.05) is 25.9 Å². The third-order valence-electron chi connectivity index (χ3n) is 5.13. The van der Waals surface area contributed by atoms with Crippen molar-refractivity contribution in [1.82, 2.24) is 9.88 Å². The number of likely N-dealkylation sites (tertiary alicyclic amines) is 1. The maximum Gasteiger partial charge on any atom is 0.321 e. The Morgan fingerprint density at radius 2 is 2.00 bits per heavy atom. The number of aromatic nitrogens is 1. The lowest BCUT2D eigenvalue weighted by Crippen LogP contribution is -2.43. The van der Waals surface area contributed by atoms with E-state index in [0.29, 0.717) is 11.6 Å². The van der Waals surface area contributed by atoms with Crippen molar-refractivity contribution in [2.45, 2.75) is 64.6 Å². The molecule has 0 aromatic carbocycles. The van der Waals surface area contributed by atoms with Crippen molar-refractivity contribution in [2.75, 3.05) is 25.0 Å². The van der Waals surface area contributed by atoms with E-state index in [0.717, 1.165) is 38.5 Å². The largest absolute Gasteiger partial charge is 0.473 e. The number of carbonyl (C=O) groups is 1. The summed E-state index contributed by atoms with van der Waals surface area (Å²) in [6.45, 7) is 6.22. The third kappa shape index (κ3) is 5.34. The van der Waals surface area contributed by atoms with E-state index < -0.39 is 0 Å². The van der Waals surface area contributed by atoms with Crippen molar-refractivity contribution >= 4 is 11.7 Å². The number of amides is 2. The second-order valence-corrected chi connectivity index (χ2v) is 7.62. The van der Waals surface area contributed by atoms with E-state index in [4.69, 9.17) is 9.47 Å². The second-order valence-electron chi connectivity index (χ2n) is 7.62. The summed E-state index contributed by atoms with van der Waals surface area (Å²) in [6.07, 6.45) is 9.10. The molecular formula is C20H31N3O3. The maximum absolute atomic E-state index is 12.6. The van der Waals surface area contributed by atoms with E-state index in [1.165, 1.54) is 25.7 Å².